The van der Waals surface area contributed by atoms with Gasteiger partial charge in [0, 0.05) is 6.04 Å². The van der Waals surface area contributed by atoms with Crippen molar-refractivity contribution in [2.75, 3.05) is 0 Å². The summed E-state index contributed by atoms with van der Waals surface area (Å²) in [5, 5.41) is 11.9. The van der Waals surface area contributed by atoms with Crippen LogP contribution in [0.25, 0.3) is 11.4 Å². The van der Waals surface area contributed by atoms with E-state index in [2.05, 4.69) is 15.5 Å². The molecule has 29 heavy (non-hydrogen) atoms. The Kier molecular flexibility index (Phi) is 5.67. The first kappa shape index (κ1) is 19.6. The SMILES string of the molecule is CC(Sc1nnc(-c2ccccc2F)n1C1CC1)C(=O)NC(C)c1ccccc1. The number of nitrogens with one attached hydrogen (secondary N) is 1. The highest BCUT2D eigenvalue weighted by atomic mass is 32.2. The van der Waals surface area contributed by atoms with Crippen LogP contribution in [0.4, 0.5) is 4.39 Å². The van der Waals surface area contributed by atoms with Gasteiger partial charge in [0.1, 0.15) is 5.82 Å². The summed E-state index contributed by atoms with van der Waals surface area (Å²) in [6.45, 7) is 3.82. The highest BCUT2D eigenvalue weighted by Crippen LogP contribution is 2.42. The average molecular weight is 411 g/mol. The lowest BCUT2D eigenvalue weighted by Crippen LogP contribution is -2.33. The Balaban J connectivity index is 1.51. The van der Waals surface area contributed by atoms with Crippen molar-refractivity contribution < 1.29 is 9.18 Å². The molecule has 1 fully saturated rings. The first-order chi connectivity index (χ1) is 14.0. The van der Waals surface area contributed by atoms with Crippen molar-refractivity contribution in [2.24, 2.45) is 0 Å². The van der Waals surface area contributed by atoms with E-state index in [4.69, 9.17) is 0 Å². The van der Waals surface area contributed by atoms with Gasteiger partial charge in [-0.3, -0.25) is 9.36 Å². The zero-order chi connectivity index (χ0) is 20.4. The van der Waals surface area contributed by atoms with Gasteiger partial charge in [-0.2, -0.15) is 0 Å². The fraction of sp³-hybridized carbons (Fsp3) is 0.318. The van der Waals surface area contributed by atoms with Crippen molar-refractivity contribution in [3.05, 3.63) is 66.0 Å². The lowest BCUT2D eigenvalue weighted by atomic mass is 10.1. The van der Waals surface area contributed by atoms with Crippen molar-refractivity contribution >= 4 is 17.7 Å². The highest BCUT2D eigenvalue weighted by molar-refractivity contribution is 8.00. The Labute approximate surface area is 173 Å². The number of aromatic nitrogens is 3. The van der Waals surface area contributed by atoms with Crippen molar-refractivity contribution in [1.82, 2.24) is 20.1 Å². The lowest BCUT2D eigenvalue weighted by Gasteiger charge is -2.18. The molecule has 1 aromatic heterocycles. The Morgan fingerprint density at radius 1 is 1.10 bits per heavy atom. The molecule has 0 spiro atoms. The third kappa shape index (κ3) is 4.34. The van der Waals surface area contributed by atoms with Gasteiger partial charge in [0.15, 0.2) is 11.0 Å². The molecule has 1 aliphatic rings. The molecule has 150 valence electrons. The van der Waals surface area contributed by atoms with Crippen LogP contribution < -0.4 is 5.32 Å². The normalized spacial score (nSPS) is 15.7. The fourth-order valence-electron chi connectivity index (χ4n) is 3.21. The number of carbonyl (C=O) groups excluding carboxylic acids is 1. The standard InChI is InChI=1S/C22H23FN4OS/c1-14(16-8-4-3-5-9-16)24-21(28)15(2)29-22-26-25-20(27(22)17-12-13-17)18-10-6-7-11-19(18)23/h3-11,14-15,17H,12-13H2,1-2H3,(H,24,28). The van der Waals surface area contributed by atoms with Gasteiger partial charge < -0.3 is 5.32 Å². The van der Waals surface area contributed by atoms with Crippen LogP contribution in [0.5, 0.6) is 0 Å². The molecule has 1 heterocycles. The van der Waals surface area contributed by atoms with Gasteiger partial charge in [0.2, 0.25) is 5.91 Å². The number of amides is 1. The molecule has 3 aromatic rings. The van der Waals surface area contributed by atoms with E-state index in [0.29, 0.717) is 16.5 Å². The number of hydrogen-bond donors (Lipinski definition) is 1. The molecule has 1 saturated carbocycles. The number of carbonyl (C=O) groups is 1. The Hall–Kier alpha value is -2.67. The summed E-state index contributed by atoms with van der Waals surface area (Å²) >= 11 is 1.36. The van der Waals surface area contributed by atoms with Crippen molar-refractivity contribution in [3.63, 3.8) is 0 Å². The maximum Gasteiger partial charge on any atom is 0.233 e. The summed E-state index contributed by atoms with van der Waals surface area (Å²) < 4.78 is 16.3. The summed E-state index contributed by atoms with van der Waals surface area (Å²) in [7, 11) is 0. The van der Waals surface area contributed by atoms with Gasteiger partial charge in [-0.25, -0.2) is 4.39 Å². The van der Waals surface area contributed by atoms with E-state index in [0.717, 1.165) is 18.4 Å². The number of nitrogens with zero attached hydrogens (tertiary/aromatic N) is 3. The molecule has 1 aliphatic carbocycles. The molecule has 2 aromatic carbocycles. The van der Waals surface area contributed by atoms with Gasteiger partial charge >= 0.3 is 0 Å². The minimum Gasteiger partial charge on any atom is -0.349 e. The molecule has 0 aliphatic heterocycles. The van der Waals surface area contributed by atoms with Gasteiger partial charge in [-0.1, -0.05) is 54.2 Å². The Morgan fingerprint density at radius 3 is 2.48 bits per heavy atom. The molecule has 2 atom stereocenters. The van der Waals surface area contributed by atoms with E-state index in [-0.39, 0.29) is 29.1 Å². The number of hydrogen-bond acceptors (Lipinski definition) is 4. The molecular weight excluding hydrogens is 387 g/mol. The number of thioether (sulfide) groups is 1. The van der Waals surface area contributed by atoms with E-state index in [1.807, 2.05) is 48.7 Å². The minimum absolute atomic E-state index is 0.0656. The second kappa shape index (κ2) is 8.37. The van der Waals surface area contributed by atoms with E-state index >= 15 is 0 Å². The Morgan fingerprint density at radius 2 is 1.79 bits per heavy atom. The molecule has 1 amide bonds. The molecule has 0 radical (unpaired) electrons. The molecule has 7 heteroatoms. The molecule has 0 saturated heterocycles. The van der Waals surface area contributed by atoms with Gasteiger partial charge in [-0.15, -0.1) is 10.2 Å². The maximum atomic E-state index is 14.3. The third-order valence-corrected chi connectivity index (χ3v) is 6.06. The third-order valence-electron chi connectivity index (χ3n) is 5.00. The smallest absolute Gasteiger partial charge is 0.233 e. The highest BCUT2D eigenvalue weighted by Gasteiger charge is 2.32. The summed E-state index contributed by atoms with van der Waals surface area (Å²) in [5.74, 6) is 0.142. The average Bonchev–Trinajstić information content (AvgIpc) is 3.49. The number of benzene rings is 2. The minimum atomic E-state index is -0.351. The van der Waals surface area contributed by atoms with Crippen LogP contribution >= 0.6 is 11.8 Å². The second-order valence-corrected chi connectivity index (χ2v) is 8.60. The second-order valence-electron chi connectivity index (χ2n) is 7.29. The first-order valence-corrected chi connectivity index (χ1v) is 10.6. The molecule has 1 N–H and O–H groups in total. The summed E-state index contributed by atoms with van der Waals surface area (Å²) in [6.07, 6.45) is 2.03. The van der Waals surface area contributed by atoms with Crippen molar-refractivity contribution in [2.45, 2.75) is 49.2 Å². The van der Waals surface area contributed by atoms with Gasteiger partial charge in [-0.05, 0) is 44.4 Å². The number of halogens is 1. The summed E-state index contributed by atoms with van der Waals surface area (Å²) in [5.41, 5.74) is 1.49. The zero-order valence-electron chi connectivity index (χ0n) is 16.4. The van der Waals surface area contributed by atoms with Crippen LogP contribution in [0.1, 0.15) is 44.3 Å². The number of rotatable bonds is 7. The summed E-state index contributed by atoms with van der Waals surface area (Å²) in [6, 6.07) is 16.6. The first-order valence-electron chi connectivity index (χ1n) is 9.76. The van der Waals surface area contributed by atoms with Crippen molar-refractivity contribution in [1.29, 1.82) is 0 Å². The van der Waals surface area contributed by atoms with Gasteiger partial charge in [0.05, 0.1) is 16.9 Å². The van der Waals surface area contributed by atoms with Crippen LogP contribution in [-0.4, -0.2) is 25.9 Å². The predicted octanol–water partition coefficient (Wildman–Crippen LogP) is 4.78. The van der Waals surface area contributed by atoms with E-state index in [9.17, 15) is 9.18 Å². The molecule has 2 unspecified atom stereocenters. The van der Waals surface area contributed by atoms with E-state index < -0.39 is 0 Å². The van der Waals surface area contributed by atoms with Crippen LogP contribution in [0.15, 0.2) is 59.8 Å². The molecular formula is C22H23FN4OS. The zero-order valence-corrected chi connectivity index (χ0v) is 17.2. The molecule has 5 nitrogen and oxygen atoms in total. The van der Waals surface area contributed by atoms with E-state index in [1.165, 1.54) is 17.8 Å². The van der Waals surface area contributed by atoms with Crippen LogP contribution in [0, 0.1) is 5.82 Å². The predicted molar refractivity (Wildman–Crippen MR) is 112 cm³/mol. The monoisotopic (exact) mass is 410 g/mol. The Bertz CT molecular complexity index is 1000. The van der Waals surface area contributed by atoms with E-state index in [1.54, 1.807) is 18.2 Å². The van der Waals surface area contributed by atoms with Crippen LogP contribution in [0.2, 0.25) is 0 Å². The fourth-order valence-corrected chi connectivity index (χ4v) is 4.14. The van der Waals surface area contributed by atoms with Crippen LogP contribution in [-0.2, 0) is 4.79 Å². The maximum absolute atomic E-state index is 14.3. The van der Waals surface area contributed by atoms with Crippen LogP contribution in [0.3, 0.4) is 0 Å². The van der Waals surface area contributed by atoms with Crippen molar-refractivity contribution in [3.8, 4) is 11.4 Å². The topological polar surface area (TPSA) is 59.8 Å². The van der Waals surface area contributed by atoms with Gasteiger partial charge in [0.25, 0.3) is 0 Å². The largest absolute Gasteiger partial charge is 0.349 e. The molecule has 0 bridgehead atoms. The quantitative estimate of drug-likeness (QED) is 0.570. The summed E-state index contributed by atoms with van der Waals surface area (Å²) in [4.78, 5) is 12.7. The lowest BCUT2D eigenvalue weighted by molar-refractivity contribution is -0.120. The molecule has 4 rings (SSSR count).